The highest BCUT2D eigenvalue weighted by atomic mass is 32.2. The molecule has 0 aliphatic carbocycles. The Hall–Kier alpha value is -0.510. The van der Waals surface area contributed by atoms with Crippen molar-refractivity contribution in [2.45, 2.75) is 38.3 Å². The molecule has 2 aliphatic heterocycles. The molecule has 0 aromatic heterocycles. The first-order valence-corrected chi connectivity index (χ1v) is 9.56. The van der Waals surface area contributed by atoms with Crippen molar-refractivity contribution >= 4 is 11.8 Å². The van der Waals surface area contributed by atoms with Crippen LogP contribution >= 0.6 is 11.8 Å². The van der Waals surface area contributed by atoms with Crippen LogP contribution in [0.2, 0.25) is 0 Å². The zero-order chi connectivity index (χ0) is 14.5. The topological polar surface area (TPSA) is 15.3 Å². The van der Waals surface area contributed by atoms with Crippen LogP contribution in [0.3, 0.4) is 0 Å². The Kier molecular flexibility index (Phi) is 5.61. The van der Waals surface area contributed by atoms with Crippen molar-refractivity contribution in [3.05, 3.63) is 35.9 Å². The number of hydrogen-bond acceptors (Lipinski definition) is 3. The van der Waals surface area contributed by atoms with Crippen LogP contribution in [0.15, 0.2) is 30.3 Å². The van der Waals surface area contributed by atoms with Gasteiger partial charge in [0, 0.05) is 31.7 Å². The molecule has 3 heteroatoms. The standard InChI is InChI=1S/C18H28N2S/c1-15-12-19-18(11-16-5-3-2-4-6-16)14-20(15)13-17-7-9-21-10-8-17/h2-6,15,17-19H,7-14H2,1H3. The fourth-order valence-electron chi connectivity index (χ4n) is 3.54. The van der Waals surface area contributed by atoms with E-state index in [-0.39, 0.29) is 0 Å². The molecule has 1 aromatic rings. The number of hydrogen-bond donors (Lipinski definition) is 1. The summed E-state index contributed by atoms with van der Waals surface area (Å²) in [6.07, 6.45) is 4.00. The van der Waals surface area contributed by atoms with Gasteiger partial charge < -0.3 is 5.32 Å². The summed E-state index contributed by atoms with van der Waals surface area (Å²) in [5.74, 6) is 3.68. The van der Waals surface area contributed by atoms with E-state index in [1.54, 1.807) is 0 Å². The van der Waals surface area contributed by atoms with Gasteiger partial charge in [0.2, 0.25) is 0 Å². The quantitative estimate of drug-likeness (QED) is 0.920. The van der Waals surface area contributed by atoms with Gasteiger partial charge in [-0.05, 0) is 49.2 Å². The zero-order valence-corrected chi connectivity index (χ0v) is 13.9. The summed E-state index contributed by atoms with van der Waals surface area (Å²) in [6.45, 7) is 6.04. The van der Waals surface area contributed by atoms with Gasteiger partial charge in [-0.15, -0.1) is 0 Å². The van der Waals surface area contributed by atoms with E-state index in [0.29, 0.717) is 12.1 Å². The van der Waals surface area contributed by atoms with Crippen molar-refractivity contribution in [2.75, 3.05) is 31.1 Å². The molecule has 0 spiro atoms. The fourth-order valence-corrected chi connectivity index (χ4v) is 4.75. The third-order valence-corrected chi connectivity index (χ3v) is 5.99. The van der Waals surface area contributed by atoms with Crippen molar-refractivity contribution in [1.29, 1.82) is 0 Å². The van der Waals surface area contributed by atoms with Gasteiger partial charge in [-0.25, -0.2) is 0 Å². The van der Waals surface area contributed by atoms with Crippen molar-refractivity contribution in [3.8, 4) is 0 Å². The van der Waals surface area contributed by atoms with E-state index < -0.39 is 0 Å². The van der Waals surface area contributed by atoms with Crippen LogP contribution in [-0.2, 0) is 6.42 Å². The molecule has 0 saturated carbocycles. The highest BCUT2D eigenvalue weighted by Crippen LogP contribution is 2.25. The maximum Gasteiger partial charge on any atom is 0.0236 e. The van der Waals surface area contributed by atoms with Crippen LogP contribution in [-0.4, -0.2) is 48.1 Å². The van der Waals surface area contributed by atoms with Crippen LogP contribution in [0.25, 0.3) is 0 Å². The molecule has 0 amide bonds. The minimum atomic E-state index is 0.613. The number of rotatable bonds is 4. The highest BCUT2D eigenvalue weighted by Gasteiger charge is 2.27. The van der Waals surface area contributed by atoms with Crippen molar-refractivity contribution in [3.63, 3.8) is 0 Å². The number of nitrogens with one attached hydrogen (secondary N) is 1. The summed E-state index contributed by atoms with van der Waals surface area (Å²) in [5, 5.41) is 3.74. The molecular weight excluding hydrogens is 276 g/mol. The minimum absolute atomic E-state index is 0.613. The van der Waals surface area contributed by atoms with E-state index >= 15 is 0 Å². The molecule has 2 nitrogen and oxygen atoms in total. The number of benzene rings is 1. The molecule has 2 fully saturated rings. The monoisotopic (exact) mass is 304 g/mol. The molecule has 2 atom stereocenters. The van der Waals surface area contributed by atoms with Crippen LogP contribution < -0.4 is 5.32 Å². The zero-order valence-electron chi connectivity index (χ0n) is 13.1. The Labute approximate surface area is 133 Å². The van der Waals surface area contributed by atoms with Gasteiger partial charge in [0.1, 0.15) is 0 Å². The lowest BCUT2D eigenvalue weighted by Gasteiger charge is -2.41. The molecule has 2 saturated heterocycles. The van der Waals surface area contributed by atoms with Crippen LogP contribution in [0.5, 0.6) is 0 Å². The lowest BCUT2D eigenvalue weighted by Crippen LogP contribution is -2.57. The van der Waals surface area contributed by atoms with Crippen molar-refractivity contribution in [1.82, 2.24) is 10.2 Å². The van der Waals surface area contributed by atoms with E-state index in [2.05, 4.69) is 59.2 Å². The maximum atomic E-state index is 3.74. The second-order valence-corrected chi connectivity index (χ2v) is 7.88. The van der Waals surface area contributed by atoms with Gasteiger partial charge in [-0.3, -0.25) is 4.90 Å². The summed E-state index contributed by atoms with van der Waals surface area (Å²) < 4.78 is 0. The molecule has 2 aliphatic rings. The third kappa shape index (κ3) is 4.48. The second-order valence-electron chi connectivity index (χ2n) is 6.65. The Bertz CT molecular complexity index is 416. The lowest BCUT2D eigenvalue weighted by atomic mass is 9.98. The molecular formula is C18H28N2S. The van der Waals surface area contributed by atoms with E-state index in [4.69, 9.17) is 0 Å². The Morgan fingerprint density at radius 3 is 2.71 bits per heavy atom. The van der Waals surface area contributed by atoms with Crippen molar-refractivity contribution in [2.24, 2.45) is 5.92 Å². The second kappa shape index (κ2) is 7.66. The lowest BCUT2D eigenvalue weighted by molar-refractivity contribution is 0.117. The van der Waals surface area contributed by atoms with E-state index in [0.717, 1.165) is 18.9 Å². The highest BCUT2D eigenvalue weighted by molar-refractivity contribution is 7.99. The first-order chi connectivity index (χ1) is 10.3. The SMILES string of the molecule is CC1CNC(Cc2ccccc2)CN1CC1CCSCC1. The van der Waals surface area contributed by atoms with Crippen LogP contribution in [0.1, 0.15) is 25.3 Å². The molecule has 1 N–H and O–H groups in total. The van der Waals surface area contributed by atoms with Gasteiger partial charge in [0.15, 0.2) is 0 Å². The summed E-state index contributed by atoms with van der Waals surface area (Å²) in [4.78, 5) is 2.74. The van der Waals surface area contributed by atoms with E-state index in [9.17, 15) is 0 Å². The molecule has 2 heterocycles. The predicted octanol–water partition coefficient (Wildman–Crippen LogP) is 3.03. The first-order valence-electron chi connectivity index (χ1n) is 8.40. The number of piperazine rings is 1. The molecule has 2 unspecified atom stereocenters. The number of nitrogens with zero attached hydrogens (tertiary/aromatic N) is 1. The Morgan fingerprint density at radius 1 is 1.19 bits per heavy atom. The van der Waals surface area contributed by atoms with Crippen molar-refractivity contribution < 1.29 is 0 Å². The maximum absolute atomic E-state index is 3.74. The average Bonchev–Trinajstić information content (AvgIpc) is 2.53. The third-order valence-electron chi connectivity index (χ3n) is 4.94. The fraction of sp³-hybridized carbons (Fsp3) is 0.667. The van der Waals surface area contributed by atoms with Gasteiger partial charge in [-0.2, -0.15) is 11.8 Å². The summed E-state index contributed by atoms with van der Waals surface area (Å²) in [7, 11) is 0. The van der Waals surface area contributed by atoms with Gasteiger partial charge in [0.05, 0.1) is 0 Å². The van der Waals surface area contributed by atoms with Gasteiger partial charge in [0.25, 0.3) is 0 Å². The predicted molar refractivity (Wildman–Crippen MR) is 93.0 cm³/mol. The molecule has 21 heavy (non-hydrogen) atoms. The smallest absolute Gasteiger partial charge is 0.0236 e. The number of thioether (sulfide) groups is 1. The van der Waals surface area contributed by atoms with Gasteiger partial charge in [-0.1, -0.05) is 30.3 Å². The molecule has 116 valence electrons. The van der Waals surface area contributed by atoms with E-state index in [1.165, 1.54) is 43.0 Å². The summed E-state index contributed by atoms with van der Waals surface area (Å²) >= 11 is 2.13. The van der Waals surface area contributed by atoms with Crippen LogP contribution in [0.4, 0.5) is 0 Å². The average molecular weight is 305 g/mol. The summed E-state index contributed by atoms with van der Waals surface area (Å²) in [5.41, 5.74) is 1.46. The first kappa shape index (κ1) is 15.4. The minimum Gasteiger partial charge on any atom is -0.311 e. The molecule has 3 rings (SSSR count). The Balaban J connectivity index is 1.54. The normalized spacial score (nSPS) is 28.6. The summed E-state index contributed by atoms with van der Waals surface area (Å²) in [6, 6.07) is 12.2. The van der Waals surface area contributed by atoms with Crippen LogP contribution in [0, 0.1) is 5.92 Å². The largest absolute Gasteiger partial charge is 0.311 e. The van der Waals surface area contributed by atoms with Gasteiger partial charge >= 0.3 is 0 Å². The Morgan fingerprint density at radius 2 is 1.95 bits per heavy atom. The van der Waals surface area contributed by atoms with E-state index in [1.807, 2.05) is 0 Å². The molecule has 1 aromatic carbocycles. The molecule has 0 radical (unpaired) electrons. The molecule has 0 bridgehead atoms.